The van der Waals surface area contributed by atoms with E-state index in [1.807, 2.05) is 68.6 Å². The fourth-order valence-electron chi connectivity index (χ4n) is 2.50. The number of rotatable bonds is 7. The van der Waals surface area contributed by atoms with Crippen LogP contribution in [0.3, 0.4) is 0 Å². The van der Waals surface area contributed by atoms with Crippen molar-refractivity contribution in [1.29, 1.82) is 0 Å². The smallest absolute Gasteiger partial charge is 0.244 e. The van der Waals surface area contributed by atoms with Gasteiger partial charge in [0.15, 0.2) is 0 Å². The molecule has 0 saturated carbocycles. The van der Waals surface area contributed by atoms with E-state index in [2.05, 4.69) is 5.32 Å². The Morgan fingerprint density at radius 3 is 2.52 bits per heavy atom. The second-order valence-electron chi connectivity index (χ2n) is 5.68. The van der Waals surface area contributed by atoms with Crippen molar-refractivity contribution in [2.24, 2.45) is 0 Å². The fourth-order valence-corrected chi connectivity index (χ4v) is 2.50. The Balaban J connectivity index is 1.95. The van der Waals surface area contributed by atoms with Crippen molar-refractivity contribution in [3.63, 3.8) is 0 Å². The van der Waals surface area contributed by atoms with E-state index < -0.39 is 0 Å². The average molecular weight is 312 g/mol. The molecule has 0 heterocycles. The molecule has 1 amide bonds. The third-order valence-electron chi connectivity index (χ3n) is 3.63. The molecule has 0 radical (unpaired) electrons. The molecule has 0 saturated heterocycles. The van der Waals surface area contributed by atoms with Crippen molar-refractivity contribution in [1.82, 2.24) is 4.90 Å². The minimum Gasteiger partial charge on any atom is -0.380 e. The summed E-state index contributed by atoms with van der Waals surface area (Å²) < 4.78 is 5.14. The van der Waals surface area contributed by atoms with Gasteiger partial charge in [0, 0.05) is 26.4 Å². The van der Waals surface area contributed by atoms with Crippen LogP contribution in [0.1, 0.15) is 18.1 Å². The average Bonchev–Trinajstić information content (AvgIpc) is 2.55. The summed E-state index contributed by atoms with van der Waals surface area (Å²) in [4.78, 5) is 14.2. The van der Waals surface area contributed by atoms with Crippen molar-refractivity contribution in [3.8, 4) is 0 Å². The van der Waals surface area contributed by atoms with E-state index in [0.29, 0.717) is 13.2 Å². The van der Waals surface area contributed by atoms with Gasteiger partial charge in [-0.25, -0.2) is 0 Å². The highest BCUT2D eigenvalue weighted by atomic mass is 16.5. The molecular weight excluding hydrogens is 288 g/mol. The predicted octanol–water partition coefficient (Wildman–Crippen LogP) is 3.29. The highest BCUT2D eigenvalue weighted by Crippen LogP contribution is 2.14. The first kappa shape index (κ1) is 17.0. The molecule has 0 bridgehead atoms. The molecule has 0 aliphatic carbocycles. The van der Waals surface area contributed by atoms with Crippen LogP contribution in [0.15, 0.2) is 54.6 Å². The first-order valence-corrected chi connectivity index (χ1v) is 7.73. The number of hydrogen-bond donors (Lipinski definition) is 1. The van der Waals surface area contributed by atoms with E-state index in [-0.39, 0.29) is 11.9 Å². The summed E-state index contributed by atoms with van der Waals surface area (Å²) in [7, 11) is 3.50. The molecule has 2 aromatic rings. The molecule has 23 heavy (non-hydrogen) atoms. The van der Waals surface area contributed by atoms with Crippen LogP contribution in [0.2, 0.25) is 0 Å². The van der Waals surface area contributed by atoms with Crippen LogP contribution >= 0.6 is 0 Å². The molecular formula is C19H24N2O2. The second-order valence-corrected chi connectivity index (χ2v) is 5.68. The number of amides is 1. The molecule has 0 spiro atoms. The topological polar surface area (TPSA) is 41.6 Å². The molecule has 0 unspecified atom stereocenters. The van der Waals surface area contributed by atoms with Crippen molar-refractivity contribution in [3.05, 3.63) is 65.7 Å². The fraction of sp³-hybridized carbons (Fsp3) is 0.316. The Morgan fingerprint density at radius 1 is 1.13 bits per heavy atom. The van der Waals surface area contributed by atoms with E-state index in [9.17, 15) is 4.79 Å². The lowest BCUT2D eigenvalue weighted by Crippen LogP contribution is -2.38. The van der Waals surface area contributed by atoms with Gasteiger partial charge >= 0.3 is 0 Å². The van der Waals surface area contributed by atoms with Gasteiger partial charge in [0.1, 0.15) is 6.04 Å². The van der Waals surface area contributed by atoms with E-state index in [1.54, 1.807) is 12.0 Å². The van der Waals surface area contributed by atoms with Crippen molar-refractivity contribution >= 4 is 11.6 Å². The van der Waals surface area contributed by atoms with Gasteiger partial charge in [-0.1, -0.05) is 42.5 Å². The minimum atomic E-state index is -0.290. The van der Waals surface area contributed by atoms with E-state index in [1.165, 1.54) is 0 Å². The molecule has 2 aromatic carbocycles. The number of hydrogen-bond acceptors (Lipinski definition) is 3. The second kappa shape index (κ2) is 8.34. The SMILES string of the molecule is COCc1cccc(N[C@H](C)C(=O)N(C)Cc2ccccc2)c1. The van der Waals surface area contributed by atoms with Gasteiger partial charge in [-0.05, 0) is 30.2 Å². The van der Waals surface area contributed by atoms with Crippen LogP contribution in [-0.2, 0) is 22.7 Å². The van der Waals surface area contributed by atoms with Crippen LogP contribution in [0.5, 0.6) is 0 Å². The number of ether oxygens (including phenoxy) is 1. The number of nitrogens with zero attached hydrogens (tertiary/aromatic N) is 1. The lowest BCUT2D eigenvalue weighted by atomic mass is 10.1. The van der Waals surface area contributed by atoms with Gasteiger partial charge in [-0.3, -0.25) is 4.79 Å². The molecule has 0 aliphatic rings. The zero-order valence-corrected chi connectivity index (χ0v) is 14.0. The quantitative estimate of drug-likeness (QED) is 0.853. The minimum absolute atomic E-state index is 0.0611. The standard InChI is InChI=1S/C19H24N2O2/c1-15(20-18-11-7-10-17(12-18)14-23-3)19(22)21(2)13-16-8-5-4-6-9-16/h4-12,15,20H,13-14H2,1-3H3/t15-/m1/s1. The van der Waals surface area contributed by atoms with Crippen LogP contribution in [0.25, 0.3) is 0 Å². The van der Waals surface area contributed by atoms with Crippen LogP contribution in [-0.4, -0.2) is 31.0 Å². The summed E-state index contributed by atoms with van der Waals surface area (Å²) in [6.07, 6.45) is 0. The zero-order chi connectivity index (χ0) is 16.7. The molecule has 122 valence electrons. The van der Waals surface area contributed by atoms with Crippen LogP contribution in [0.4, 0.5) is 5.69 Å². The third kappa shape index (κ3) is 5.11. The van der Waals surface area contributed by atoms with E-state index >= 15 is 0 Å². The molecule has 2 rings (SSSR count). The first-order chi connectivity index (χ1) is 11.1. The van der Waals surface area contributed by atoms with Crippen LogP contribution < -0.4 is 5.32 Å². The molecule has 1 atom stereocenters. The van der Waals surface area contributed by atoms with E-state index in [0.717, 1.165) is 16.8 Å². The normalized spacial score (nSPS) is 11.8. The number of nitrogens with one attached hydrogen (secondary N) is 1. The molecule has 0 fully saturated rings. The molecule has 1 N–H and O–H groups in total. The largest absolute Gasteiger partial charge is 0.380 e. The molecule has 4 heteroatoms. The third-order valence-corrected chi connectivity index (χ3v) is 3.63. The lowest BCUT2D eigenvalue weighted by Gasteiger charge is -2.23. The first-order valence-electron chi connectivity index (χ1n) is 7.73. The number of methoxy groups -OCH3 is 1. The van der Waals surface area contributed by atoms with E-state index in [4.69, 9.17) is 4.74 Å². The number of anilines is 1. The van der Waals surface area contributed by atoms with Gasteiger partial charge in [-0.2, -0.15) is 0 Å². The highest BCUT2D eigenvalue weighted by Gasteiger charge is 2.17. The van der Waals surface area contributed by atoms with Crippen LogP contribution in [0, 0.1) is 0 Å². The Labute approximate surface area is 138 Å². The van der Waals surface area contributed by atoms with Crippen molar-refractivity contribution < 1.29 is 9.53 Å². The summed E-state index contributed by atoms with van der Waals surface area (Å²) in [5.41, 5.74) is 3.13. The summed E-state index contributed by atoms with van der Waals surface area (Å²) in [5, 5.41) is 3.26. The van der Waals surface area contributed by atoms with Crippen molar-refractivity contribution in [2.75, 3.05) is 19.5 Å². The predicted molar refractivity (Wildman–Crippen MR) is 93.2 cm³/mol. The maximum atomic E-state index is 12.5. The highest BCUT2D eigenvalue weighted by molar-refractivity contribution is 5.84. The Bertz CT molecular complexity index is 628. The maximum absolute atomic E-state index is 12.5. The zero-order valence-electron chi connectivity index (χ0n) is 14.0. The summed E-state index contributed by atoms with van der Waals surface area (Å²) in [6, 6.07) is 17.6. The Hall–Kier alpha value is -2.33. The summed E-state index contributed by atoms with van der Waals surface area (Å²) >= 11 is 0. The van der Waals surface area contributed by atoms with Gasteiger partial charge in [0.05, 0.1) is 6.61 Å². The van der Waals surface area contributed by atoms with Gasteiger partial charge in [0.2, 0.25) is 5.91 Å². The van der Waals surface area contributed by atoms with Crippen molar-refractivity contribution in [2.45, 2.75) is 26.1 Å². The van der Waals surface area contributed by atoms with Gasteiger partial charge < -0.3 is 15.0 Å². The molecule has 0 aliphatic heterocycles. The van der Waals surface area contributed by atoms with Gasteiger partial charge in [0.25, 0.3) is 0 Å². The Morgan fingerprint density at radius 2 is 1.83 bits per heavy atom. The van der Waals surface area contributed by atoms with Gasteiger partial charge in [-0.15, -0.1) is 0 Å². The monoisotopic (exact) mass is 312 g/mol. The number of carbonyl (C=O) groups excluding carboxylic acids is 1. The number of likely N-dealkylation sites (N-methyl/N-ethyl adjacent to an activating group) is 1. The summed E-state index contributed by atoms with van der Waals surface area (Å²) in [5.74, 6) is 0.0611. The molecule has 0 aromatic heterocycles. The summed E-state index contributed by atoms with van der Waals surface area (Å²) in [6.45, 7) is 3.05. The number of benzene rings is 2. The number of carbonyl (C=O) groups is 1. The maximum Gasteiger partial charge on any atom is 0.244 e. The Kier molecular flexibility index (Phi) is 6.18. The lowest BCUT2D eigenvalue weighted by molar-refractivity contribution is -0.130. The molecule has 4 nitrogen and oxygen atoms in total.